The van der Waals surface area contributed by atoms with Crippen LogP contribution in [0.5, 0.6) is 5.75 Å². The van der Waals surface area contributed by atoms with Crippen LogP contribution < -0.4 is 55.6 Å². The summed E-state index contributed by atoms with van der Waals surface area (Å²) in [5.74, 6) is -1.77. The number of carbonyl (C=O) groups excluding carboxylic acids is 3. The summed E-state index contributed by atoms with van der Waals surface area (Å²) in [5.41, 5.74) is 0.691. The van der Waals surface area contributed by atoms with Crippen LogP contribution in [0.15, 0.2) is 36.4 Å². The minimum atomic E-state index is -5.40. The van der Waals surface area contributed by atoms with Crippen molar-refractivity contribution in [3.05, 3.63) is 42.0 Å². The molecular formula is C48H77N4NaO24S. The van der Waals surface area contributed by atoms with E-state index < -0.39 is 177 Å². The summed E-state index contributed by atoms with van der Waals surface area (Å²) in [4.78, 5) is 37.3. The van der Waals surface area contributed by atoms with Crippen molar-refractivity contribution in [2.24, 2.45) is 0 Å². The molecule has 4 aliphatic rings. The van der Waals surface area contributed by atoms with Gasteiger partial charge in [-0.25, -0.2) is 8.42 Å². The fraction of sp³-hybridized carbons (Fsp3) is 0.771. The van der Waals surface area contributed by atoms with Crippen LogP contribution in [0, 0.1) is 0 Å². The summed E-state index contributed by atoms with van der Waals surface area (Å²) < 4.78 is 86.1. The van der Waals surface area contributed by atoms with E-state index in [1.807, 2.05) is 0 Å². The maximum atomic E-state index is 12.7. The molecule has 3 amide bonds. The molecule has 0 aromatic heterocycles. The molecule has 28 nitrogen and oxygen atoms in total. The van der Waals surface area contributed by atoms with E-state index in [0.29, 0.717) is 17.9 Å². The van der Waals surface area contributed by atoms with Gasteiger partial charge >= 0.3 is 29.6 Å². The van der Waals surface area contributed by atoms with Crippen molar-refractivity contribution in [2.75, 3.05) is 33.0 Å². The Bertz CT molecular complexity index is 2140. The minimum Gasteiger partial charge on any atom is -0.726 e. The van der Waals surface area contributed by atoms with E-state index in [2.05, 4.69) is 44.5 Å². The topological polar surface area (TPSA) is 422 Å². The first-order chi connectivity index (χ1) is 36.6. The van der Waals surface area contributed by atoms with E-state index in [9.17, 15) is 73.3 Å². The molecule has 4 saturated heterocycles. The second kappa shape index (κ2) is 32.9. The van der Waals surface area contributed by atoms with Crippen molar-refractivity contribution in [3.63, 3.8) is 0 Å². The van der Waals surface area contributed by atoms with Crippen LogP contribution >= 0.6 is 0 Å². The van der Waals surface area contributed by atoms with Gasteiger partial charge in [-0.2, -0.15) is 0 Å². The number of aliphatic hydroxyl groups excluding tert-OH is 9. The third kappa shape index (κ3) is 19.5. The molecule has 440 valence electrons. The number of hydrogen-bond acceptors (Lipinski definition) is 25. The van der Waals surface area contributed by atoms with Crippen molar-refractivity contribution in [1.82, 2.24) is 21.3 Å². The number of benzene rings is 1. The van der Waals surface area contributed by atoms with Gasteiger partial charge in [0.2, 0.25) is 28.1 Å². The van der Waals surface area contributed by atoms with E-state index in [1.54, 1.807) is 24.3 Å². The zero-order valence-corrected chi connectivity index (χ0v) is 47.1. The number of allylic oxidation sites excluding steroid dienone is 2. The van der Waals surface area contributed by atoms with Crippen LogP contribution in [0.4, 0.5) is 0 Å². The Morgan fingerprint density at radius 2 is 1.12 bits per heavy atom. The molecule has 0 bridgehead atoms. The summed E-state index contributed by atoms with van der Waals surface area (Å²) in [5, 5.41) is 110. The number of nitrogens with one attached hydrogen (secondary N) is 4. The predicted octanol–water partition coefficient (Wildman–Crippen LogP) is -7.35. The van der Waals surface area contributed by atoms with Gasteiger partial charge in [-0.3, -0.25) is 18.6 Å². The molecule has 8 unspecified atom stereocenters. The van der Waals surface area contributed by atoms with Gasteiger partial charge in [-0.05, 0) is 43.4 Å². The van der Waals surface area contributed by atoms with Gasteiger partial charge in [0.05, 0.1) is 39.1 Å². The van der Waals surface area contributed by atoms with Crippen LogP contribution in [-0.4, -0.2) is 232 Å². The van der Waals surface area contributed by atoms with Gasteiger partial charge in [0.15, 0.2) is 25.2 Å². The average Bonchev–Trinajstić information content (AvgIpc) is 3.39. The van der Waals surface area contributed by atoms with Crippen LogP contribution in [0.25, 0.3) is 0 Å². The second-order valence-electron chi connectivity index (χ2n) is 19.2. The number of amides is 3. The van der Waals surface area contributed by atoms with Crippen molar-refractivity contribution >= 4 is 28.1 Å². The minimum absolute atomic E-state index is 0. The molecule has 78 heavy (non-hydrogen) atoms. The molecule has 13 N–H and O–H groups in total. The summed E-state index contributed by atoms with van der Waals surface area (Å²) in [6.07, 6.45) is -16.6. The Hall–Kier alpha value is -2.64. The largest absolute Gasteiger partial charge is 1.00 e. The molecule has 30 heteroatoms. The average molecular weight is 1150 g/mol. The number of carbonyl (C=O) groups is 3. The molecule has 1 aromatic rings. The number of ether oxygens (including phenoxy) is 8. The third-order valence-electron chi connectivity index (χ3n) is 13.3. The number of unbranched alkanes of at least 4 members (excludes halogenated alkanes) is 5. The van der Waals surface area contributed by atoms with Crippen molar-refractivity contribution in [1.29, 1.82) is 0 Å². The first-order valence-corrected chi connectivity index (χ1v) is 26.9. The van der Waals surface area contributed by atoms with E-state index in [-0.39, 0.29) is 36.1 Å². The molecule has 1 aromatic carbocycles. The van der Waals surface area contributed by atoms with Gasteiger partial charge in [0.25, 0.3) is 0 Å². The number of hydrogen-bond donors (Lipinski definition) is 13. The summed E-state index contributed by atoms with van der Waals surface area (Å²) in [6, 6.07) is 0.797. The van der Waals surface area contributed by atoms with Crippen LogP contribution in [0.3, 0.4) is 0 Å². The Morgan fingerprint density at radius 1 is 0.628 bits per heavy atom. The van der Waals surface area contributed by atoms with Crippen molar-refractivity contribution < 1.29 is 145 Å². The molecule has 0 radical (unpaired) electrons. The third-order valence-corrected chi connectivity index (χ3v) is 13.7. The van der Waals surface area contributed by atoms with Gasteiger partial charge in [0.1, 0.15) is 97.1 Å². The van der Waals surface area contributed by atoms with Crippen molar-refractivity contribution in [3.8, 4) is 5.75 Å². The van der Waals surface area contributed by atoms with Gasteiger partial charge in [0, 0.05) is 27.3 Å². The van der Waals surface area contributed by atoms with Gasteiger partial charge < -0.3 is 110 Å². The first kappa shape index (κ1) is 67.9. The fourth-order valence-corrected chi connectivity index (χ4v) is 9.73. The molecule has 4 aliphatic heterocycles. The predicted molar refractivity (Wildman–Crippen MR) is 261 cm³/mol. The monoisotopic (exact) mass is 1150 g/mol. The van der Waals surface area contributed by atoms with Crippen LogP contribution in [0.2, 0.25) is 0 Å². The van der Waals surface area contributed by atoms with Crippen LogP contribution in [0.1, 0.15) is 78.2 Å². The molecular weight excluding hydrogens is 1070 g/mol. The Balaban J connectivity index is 0.0000131. The SMILES string of the molecule is CCCCCC/C=C\CCCOc1cccc(CNC2[C@H](O[C@H]3C(O)C(NC(C)=O)[C@H](O[C@@H]4C(CO)O[C@@H](O[C@H]5C(O)C(NC(C)=O)[C@H](O)O[C@H]5COS(=O)(=O)[O-])C(NC(C)=O)[C@H]4O)O[C@H]3CO)OC(CO)[C@@H](O)[C@@H]2O)c1.[Na+]. The second-order valence-corrected chi connectivity index (χ2v) is 20.3. The number of aliphatic hydroxyl groups is 9. The Labute approximate surface area is 474 Å². The molecule has 0 spiro atoms. The molecule has 4 fully saturated rings. The first-order valence-electron chi connectivity index (χ1n) is 25.6. The Morgan fingerprint density at radius 3 is 1.63 bits per heavy atom. The quantitative estimate of drug-likeness (QED) is 0.0122. The molecule has 20 atom stereocenters. The molecule has 5 rings (SSSR count). The Kier molecular flexibility index (Phi) is 28.6. The van der Waals surface area contributed by atoms with Gasteiger partial charge in [-0.1, -0.05) is 50.5 Å². The fourth-order valence-electron chi connectivity index (χ4n) is 9.43. The summed E-state index contributed by atoms with van der Waals surface area (Å²) >= 11 is 0. The van der Waals surface area contributed by atoms with Gasteiger partial charge in [-0.15, -0.1) is 0 Å². The van der Waals surface area contributed by atoms with E-state index in [0.717, 1.165) is 46.5 Å². The smallest absolute Gasteiger partial charge is 0.726 e. The zero-order chi connectivity index (χ0) is 56.6. The maximum Gasteiger partial charge on any atom is 1.00 e. The molecule has 0 aliphatic carbocycles. The van der Waals surface area contributed by atoms with E-state index in [4.69, 9.17) is 37.9 Å². The van der Waals surface area contributed by atoms with Crippen LogP contribution in [-0.2, 0) is 68.7 Å². The molecule has 0 saturated carbocycles. The van der Waals surface area contributed by atoms with E-state index in [1.165, 1.54) is 19.3 Å². The summed E-state index contributed by atoms with van der Waals surface area (Å²) in [7, 11) is -5.40. The molecule has 4 heterocycles. The van der Waals surface area contributed by atoms with Crippen molar-refractivity contribution in [2.45, 2.75) is 202 Å². The normalized spacial score (nSPS) is 35.4. The number of rotatable bonds is 28. The zero-order valence-electron chi connectivity index (χ0n) is 44.3. The van der Waals surface area contributed by atoms with E-state index >= 15 is 0 Å². The summed E-state index contributed by atoms with van der Waals surface area (Å²) in [6.45, 7) is 1.95. The standard InChI is InChI=1S/C48H78N4O24S.Na/c1-5-6-7-8-9-10-11-12-13-17-68-28-16-14-15-27(18-28)19-49-34-38(60)37(59)29(20-53)71-46(34)74-42-30(21-54)72-47(35(40(42)62)51-25(3)57)75-43-31(22-55)73-48(36(41(43)63)52-26(4)58)76-44-32(23-69-77(65,66)67)70-45(64)33(39(44)61)50-24(2)56;/h10-11,14-16,18,29-49,53-55,59-64H,5-9,12-13,17,19-23H2,1-4H3,(H,50,56)(H,51,57)(H,52,58)(H,65,66,67);/q;+1/p-1/b11-10-;/t29?,30-,31?,32-,33?,34?,35?,36?,37+,38+,39?,40?,41+,42+,43+,44+,45+,46-,47-,48-;/m0./s1. The maximum absolute atomic E-state index is 12.7.